The molecule has 26 heavy (non-hydrogen) atoms. The monoisotopic (exact) mass is 348 g/mol. The van der Waals surface area contributed by atoms with Gasteiger partial charge in [0.1, 0.15) is 5.54 Å². The fourth-order valence-electron chi connectivity index (χ4n) is 3.46. The maximum absolute atomic E-state index is 12.8. The number of carbonyl (C=O) groups excluding carboxylic acids is 1. The first kappa shape index (κ1) is 16.4. The van der Waals surface area contributed by atoms with Gasteiger partial charge in [0.2, 0.25) is 5.82 Å². The van der Waals surface area contributed by atoms with Crippen molar-refractivity contribution in [2.75, 3.05) is 0 Å². The summed E-state index contributed by atoms with van der Waals surface area (Å²) in [6.45, 7) is 0. The molecule has 1 saturated carbocycles. The molecule has 1 aliphatic carbocycles. The molecule has 0 radical (unpaired) electrons. The first-order valence-corrected chi connectivity index (χ1v) is 8.89. The smallest absolute Gasteiger partial charge is 0.252 e. The average Bonchev–Trinajstić information content (AvgIpc) is 3.21. The Bertz CT molecular complexity index is 871. The maximum atomic E-state index is 12.8. The van der Waals surface area contributed by atoms with Gasteiger partial charge >= 0.3 is 0 Å². The minimum absolute atomic E-state index is 0.115. The van der Waals surface area contributed by atoms with Crippen LogP contribution in [0.2, 0.25) is 0 Å². The van der Waals surface area contributed by atoms with E-state index in [1.165, 1.54) is 0 Å². The van der Waals surface area contributed by atoms with E-state index in [0.29, 0.717) is 17.3 Å². The summed E-state index contributed by atoms with van der Waals surface area (Å²) in [5.41, 5.74) is 0.866. The Kier molecular flexibility index (Phi) is 4.48. The molecule has 0 saturated heterocycles. The summed E-state index contributed by atoms with van der Waals surface area (Å²) in [7, 11) is 0. The Morgan fingerprint density at radius 1 is 1.00 bits per heavy atom. The second-order valence-corrected chi connectivity index (χ2v) is 6.62. The molecule has 2 aromatic heterocycles. The topological polar surface area (TPSA) is 80.9 Å². The van der Waals surface area contributed by atoms with E-state index < -0.39 is 5.54 Å². The molecule has 0 atom stereocenters. The third-order valence-electron chi connectivity index (χ3n) is 4.87. The number of aromatic nitrogens is 3. The lowest BCUT2D eigenvalue weighted by Crippen LogP contribution is -2.47. The fraction of sp³-hybridized carbons (Fsp3) is 0.300. The highest BCUT2D eigenvalue weighted by molar-refractivity contribution is 5.94. The summed E-state index contributed by atoms with van der Waals surface area (Å²) in [4.78, 5) is 21.4. The van der Waals surface area contributed by atoms with Gasteiger partial charge in [-0.3, -0.25) is 9.78 Å². The molecule has 132 valence electrons. The van der Waals surface area contributed by atoms with Crippen molar-refractivity contribution in [2.24, 2.45) is 0 Å². The maximum Gasteiger partial charge on any atom is 0.252 e. The van der Waals surface area contributed by atoms with Crippen molar-refractivity contribution in [3.05, 3.63) is 66.3 Å². The van der Waals surface area contributed by atoms with E-state index in [2.05, 4.69) is 20.4 Å². The fourth-order valence-corrected chi connectivity index (χ4v) is 3.46. The van der Waals surface area contributed by atoms with Crippen LogP contribution in [-0.2, 0) is 5.54 Å². The zero-order chi connectivity index (χ0) is 17.8. The van der Waals surface area contributed by atoms with Gasteiger partial charge < -0.3 is 9.84 Å². The molecular weight excluding hydrogens is 328 g/mol. The molecule has 1 fully saturated rings. The van der Waals surface area contributed by atoms with E-state index in [1.807, 2.05) is 42.5 Å². The standard InChI is InChI=1S/C20H20N4O2/c25-18(16-7-3-1-4-8-16)23-20(11-5-2-6-12-20)19-22-17(24-26-19)15-9-13-21-14-10-15/h1,3-4,7-10,13-14H,2,5-6,11-12H2,(H,23,25). The second-order valence-electron chi connectivity index (χ2n) is 6.62. The molecule has 0 unspecified atom stereocenters. The molecule has 6 nitrogen and oxygen atoms in total. The third kappa shape index (κ3) is 3.22. The molecule has 6 heteroatoms. The van der Waals surface area contributed by atoms with Crippen LogP contribution in [0.3, 0.4) is 0 Å². The quantitative estimate of drug-likeness (QED) is 0.777. The highest BCUT2D eigenvalue weighted by Gasteiger charge is 2.41. The molecule has 1 amide bonds. The van der Waals surface area contributed by atoms with E-state index in [1.54, 1.807) is 12.4 Å². The Morgan fingerprint density at radius 3 is 2.46 bits per heavy atom. The van der Waals surface area contributed by atoms with Gasteiger partial charge in [-0.1, -0.05) is 42.6 Å². The number of benzene rings is 1. The highest BCUT2D eigenvalue weighted by atomic mass is 16.5. The normalized spacial score (nSPS) is 16.2. The van der Waals surface area contributed by atoms with Crippen molar-refractivity contribution in [1.29, 1.82) is 0 Å². The van der Waals surface area contributed by atoms with Crippen molar-refractivity contribution in [3.63, 3.8) is 0 Å². The van der Waals surface area contributed by atoms with Crippen LogP contribution >= 0.6 is 0 Å². The lowest BCUT2D eigenvalue weighted by molar-refractivity contribution is 0.0824. The average molecular weight is 348 g/mol. The minimum Gasteiger partial charge on any atom is -0.338 e. The van der Waals surface area contributed by atoms with Gasteiger partial charge in [0.25, 0.3) is 11.8 Å². The molecule has 1 aromatic carbocycles. The predicted octanol–water partition coefficient (Wildman–Crippen LogP) is 3.72. The Hall–Kier alpha value is -3.02. The van der Waals surface area contributed by atoms with Gasteiger partial charge in [-0.15, -0.1) is 0 Å². The third-order valence-corrected chi connectivity index (χ3v) is 4.87. The molecule has 3 aromatic rings. The summed E-state index contributed by atoms with van der Waals surface area (Å²) >= 11 is 0. The van der Waals surface area contributed by atoms with E-state index in [0.717, 1.165) is 37.7 Å². The molecule has 4 rings (SSSR count). The molecular formula is C20H20N4O2. The van der Waals surface area contributed by atoms with Crippen LogP contribution < -0.4 is 5.32 Å². The number of nitrogens with zero attached hydrogens (tertiary/aromatic N) is 3. The Labute approximate surface area is 151 Å². The van der Waals surface area contributed by atoms with Crippen molar-refractivity contribution in [2.45, 2.75) is 37.6 Å². The van der Waals surface area contributed by atoms with Gasteiger partial charge in [-0.2, -0.15) is 4.98 Å². The summed E-state index contributed by atoms with van der Waals surface area (Å²) in [5, 5.41) is 7.30. The van der Waals surface area contributed by atoms with Crippen LogP contribution in [0.25, 0.3) is 11.4 Å². The van der Waals surface area contributed by atoms with Crippen LogP contribution in [0.4, 0.5) is 0 Å². The van der Waals surface area contributed by atoms with E-state index in [-0.39, 0.29) is 5.91 Å². The number of hydrogen-bond acceptors (Lipinski definition) is 5. The number of hydrogen-bond donors (Lipinski definition) is 1. The van der Waals surface area contributed by atoms with E-state index >= 15 is 0 Å². The van der Waals surface area contributed by atoms with Gasteiger partial charge in [0, 0.05) is 23.5 Å². The summed E-state index contributed by atoms with van der Waals surface area (Å²) in [6, 6.07) is 12.9. The largest absolute Gasteiger partial charge is 0.338 e. The minimum atomic E-state index is -0.608. The van der Waals surface area contributed by atoms with Gasteiger partial charge in [-0.25, -0.2) is 0 Å². The number of nitrogens with one attached hydrogen (secondary N) is 1. The van der Waals surface area contributed by atoms with Crippen LogP contribution in [0.5, 0.6) is 0 Å². The van der Waals surface area contributed by atoms with Gasteiger partial charge in [0.15, 0.2) is 0 Å². The van der Waals surface area contributed by atoms with Crippen molar-refractivity contribution in [3.8, 4) is 11.4 Å². The predicted molar refractivity (Wildman–Crippen MR) is 96.2 cm³/mol. The van der Waals surface area contributed by atoms with E-state index in [4.69, 9.17) is 4.52 Å². The van der Waals surface area contributed by atoms with Crippen LogP contribution in [0.1, 0.15) is 48.4 Å². The zero-order valence-corrected chi connectivity index (χ0v) is 14.4. The number of amides is 1. The molecule has 0 aliphatic heterocycles. The molecule has 1 N–H and O–H groups in total. The summed E-state index contributed by atoms with van der Waals surface area (Å²) in [5.74, 6) is 0.880. The van der Waals surface area contributed by atoms with Gasteiger partial charge in [0.05, 0.1) is 0 Å². The Morgan fingerprint density at radius 2 is 1.73 bits per heavy atom. The molecule has 1 aliphatic rings. The number of pyridine rings is 1. The number of carbonyl (C=O) groups is 1. The Balaban J connectivity index is 1.65. The van der Waals surface area contributed by atoms with Crippen LogP contribution in [-0.4, -0.2) is 21.0 Å². The van der Waals surface area contributed by atoms with Crippen LogP contribution in [0, 0.1) is 0 Å². The number of rotatable bonds is 4. The second kappa shape index (κ2) is 7.07. The molecule has 2 heterocycles. The summed E-state index contributed by atoms with van der Waals surface area (Å²) < 4.78 is 5.60. The van der Waals surface area contributed by atoms with Crippen LogP contribution in [0.15, 0.2) is 59.4 Å². The summed E-state index contributed by atoms with van der Waals surface area (Å²) in [6.07, 6.45) is 8.16. The molecule has 0 bridgehead atoms. The first-order valence-electron chi connectivity index (χ1n) is 8.89. The van der Waals surface area contributed by atoms with Crippen molar-refractivity contribution >= 4 is 5.91 Å². The lowest BCUT2D eigenvalue weighted by atomic mass is 9.81. The first-order chi connectivity index (χ1) is 12.8. The SMILES string of the molecule is O=C(NC1(c2nc(-c3ccncc3)no2)CCCCC1)c1ccccc1. The molecule has 0 spiro atoms. The lowest BCUT2D eigenvalue weighted by Gasteiger charge is -2.34. The zero-order valence-electron chi connectivity index (χ0n) is 14.4. The van der Waals surface area contributed by atoms with Crippen molar-refractivity contribution in [1.82, 2.24) is 20.4 Å². The highest BCUT2D eigenvalue weighted by Crippen LogP contribution is 2.37. The van der Waals surface area contributed by atoms with E-state index in [9.17, 15) is 4.79 Å². The van der Waals surface area contributed by atoms with Crippen molar-refractivity contribution < 1.29 is 9.32 Å². The van der Waals surface area contributed by atoms with Gasteiger partial charge in [-0.05, 0) is 37.1 Å².